The van der Waals surface area contributed by atoms with Crippen LogP contribution in [-0.4, -0.2) is 29.5 Å². The van der Waals surface area contributed by atoms with Crippen molar-refractivity contribution in [3.8, 4) is 0 Å². The number of rotatable bonds is 4. The van der Waals surface area contributed by atoms with Gasteiger partial charge in [0.2, 0.25) is 5.91 Å². The molecule has 2 rings (SSSR count). The predicted molar refractivity (Wildman–Crippen MR) is 70.8 cm³/mol. The summed E-state index contributed by atoms with van der Waals surface area (Å²) in [5, 5.41) is 16.8. The molecule has 1 aromatic rings. The third kappa shape index (κ3) is 3.51. The number of amides is 1. The Bertz CT molecular complexity index is 496. The number of hydrogen-bond donors (Lipinski definition) is 2. The van der Waals surface area contributed by atoms with E-state index in [2.05, 4.69) is 10.6 Å². The van der Waals surface area contributed by atoms with Gasteiger partial charge in [-0.3, -0.25) is 14.9 Å². The van der Waals surface area contributed by atoms with Crippen molar-refractivity contribution in [1.82, 2.24) is 10.6 Å². The molecule has 1 unspecified atom stereocenters. The highest BCUT2D eigenvalue weighted by Crippen LogP contribution is 2.16. The number of hydrogen-bond acceptors (Lipinski definition) is 4. The second-order valence-corrected chi connectivity index (χ2v) is 5.14. The van der Waals surface area contributed by atoms with E-state index in [4.69, 9.17) is 0 Å². The molecule has 1 atom stereocenters. The molecule has 1 aliphatic rings. The molecule has 1 aliphatic heterocycles. The van der Waals surface area contributed by atoms with E-state index >= 15 is 0 Å². The van der Waals surface area contributed by atoms with E-state index in [1.54, 1.807) is 12.1 Å². The lowest BCUT2D eigenvalue weighted by atomic mass is 10.0. The standard InChI is InChI=1S/C13H17N3O3/c1-13(5-6-14-9-13)15-12(17)8-10-3-2-4-11(7-10)16(18)19/h2-4,7,14H,5-6,8-9H2,1H3,(H,15,17). The highest BCUT2D eigenvalue weighted by atomic mass is 16.6. The summed E-state index contributed by atoms with van der Waals surface area (Å²) in [5.74, 6) is -0.105. The van der Waals surface area contributed by atoms with E-state index in [9.17, 15) is 14.9 Å². The van der Waals surface area contributed by atoms with Crippen molar-refractivity contribution < 1.29 is 9.72 Å². The van der Waals surface area contributed by atoms with Gasteiger partial charge >= 0.3 is 0 Å². The van der Waals surface area contributed by atoms with Crippen molar-refractivity contribution in [2.75, 3.05) is 13.1 Å². The van der Waals surface area contributed by atoms with Crippen LogP contribution < -0.4 is 10.6 Å². The minimum Gasteiger partial charge on any atom is -0.349 e. The van der Waals surface area contributed by atoms with Crippen molar-refractivity contribution in [2.24, 2.45) is 0 Å². The Hall–Kier alpha value is -1.95. The number of nitrogens with zero attached hydrogens (tertiary/aromatic N) is 1. The van der Waals surface area contributed by atoms with E-state index < -0.39 is 4.92 Å². The van der Waals surface area contributed by atoms with Crippen LogP contribution >= 0.6 is 0 Å². The van der Waals surface area contributed by atoms with Crippen LogP contribution in [0.5, 0.6) is 0 Å². The van der Waals surface area contributed by atoms with Gasteiger partial charge in [0.15, 0.2) is 0 Å². The lowest BCUT2D eigenvalue weighted by Crippen LogP contribution is -2.48. The molecule has 0 spiro atoms. The summed E-state index contributed by atoms with van der Waals surface area (Å²) in [7, 11) is 0. The van der Waals surface area contributed by atoms with Gasteiger partial charge in [-0.25, -0.2) is 0 Å². The van der Waals surface area contributed by atoms with Crippen LogP contribution in [0.15, 0.2) is 24.3 Å². The lowest BCUT2D eigenvalue weighted by molar-refractivity contribution is -0.384. The number of nitro groups is 1. The zero-order valence-electron chi connectivity index (χ0n) is 10.8. The Labute approximate surface area is 111 Å². The second kappa shape index (κ2) is 5.36. The van der Waals surface area contributed by atoms with Gasteiger partial charge in [-0.15, -0.1) is 0 Å². The molecule has 1 heterocycles. The molecule has 0 saturated carbocycles. The van der Waals surface area contributed by atoms with Crippen molar-refractivity contribution in [3.63, 3.8) is 0 Å². The summed E-state index contributed by atoms with van der Waals surface area (Å²) in [4.78, 5) is 22.2. The third-order valence-electron chi connectivity index (χ3n) is 3.30. The Morgan fingerprint density at radius 1 is 1.58 bits per heavy atom. The van der Waals surface area contributed by atoms with E-state index in [-0.39, 0.29) is 23.6 Å². The fraction of sp³-hybridized carbons (Fsp3) is 0.462. The lowest BCUT2D eigenvalue weighted by Gasteiger charge is -2.24. The van der Waals surface area contributed by atoms with Gasteiger partial charge in [-0.1, -0.05) is 12.1 Å². The Kier molecular flexibility index (Phi) is 3.80. The highest BCUT2D eigenvalue weighted by molar-refractivity contribution is 5.79. The number of carbonyl (C=O) groups is 1. The highest BCUT2D eigenvalue weighted by Gasteiger charge is 2.29. The fourth-order valence-corrected chi connectivity index (χ4v) is 2.27. The molecule has 19 heavy (non-hydrogen) atoms. The topological polar surface area (TPSA) is 84.3 Å². The van der Waals surface area contributed by atoms with Gasteiger partial charge < -0.3 is 10.6 Å². The van der Waals surface area contributed by atoms with Gasteiger partial charge in [0, 0.05) is 18.7 Å². The predicted octanol–water partition coefficient (Wildman–Crippen LogP) is 1.01. The summed E-state index contributed by atoms with van der Waals surface area (Å²) in [5.41, 5.74) is 0.456. The Morgan fingerprint density at radius 2 is 2.37 bits per heavy atom. The Morgan fingerprint density at radius 3 is 3.00 bits per heavy atom. The molecule has 0 aliphatic carbocycles. The minimum absolute atomic E-state index is 0.0130. The average Bonchev–Trinajstić information content (AvgIpc) is 2.75. The maximum atomic E-state index is 11.9. The van der Waals surface area contributed by atoms with Gasteiger partial charge in [-0.05, 0) is 25.5 Å². The van der Waals surface area contributed by atoms with Crippen LogP contribution in [0.2, 0.25) is 0 Å². The normalized spacial score (nSPS) is 22.2. The summed E-state index contributed by atoms with van der Waals surface area (Å²) in [6.45, 7) is 3.65. The molecule has 1 aromatic carbocycles. The number of carbonyl (C=O) groups excluding carboxylic acids is 1. The molecule has 1 fully saturated rings. The van der Waals surface area contributed by atoms with Gasteiger partial charge in [0.05, 0.1) is 16.9 Å². The molecule has 2 N–H and O–H groups in total. The number of nitro benzene ring substituents is 1. The molecule has 102 valence electrons. The smallest absolute Gasteiger partial charge is 0.269 e. The fourth-order valence-electron chi connectivity index (χ4n) is 2.27. The van der Waals surface area contributed by atoms with Crippen molar-refractivity contribution in [2.45, 2.75) is 25.3 Å². The molecule has 0 aromatic heterocycles. The molecule has 0 bridgehead atoms. The van der Waals surface area contributed by atoms with Crippen LogP contribution in [0.3, 0.4) is 0 Å². The number of nitrogens with one attached hydrogen (secondary N) is 2. The molecule has 6 heteroatoms. The van der Waals surface area contributed by atoms with Crippen LogP contribution in [-0.2, 0) is 11.2 Å². The zero-order chi connectivity index (χ0) is 13.9. The van der Waals surface area contributed by atoms with E-state index in [0.29, 0.717) is 5.56 Å². The summed E-state index contributed by atoms with van der Waals surface area (Å²) in [6, 6.07) is 6.18. The van der Waals surface area contributed by atoms with Crippen molar-refractivity contribution in [3.05, 3.63) is 39.9 Å². The maximum Gasteiger partial charge on any atom is 0.269 e. The first-order valence-electron chi connectivity index (χ1n) is 6.24. The first-order valence-corrected chi connectivity index (χ1v) is 6.24. The molecular formula is C13H17N3O3. The maximum absolute atomic E-state index is 11.9. The first kappa shape index (κ1) is 13.5. The van der Waals surface area contributed by atoms with E-state index in [1.807, 2.05) is 6.92 Å². The van der Waals surface area contributed by atoms with Gasteiger partial charge in [0.1, 0.15) is 0 Å². The second-order valence-electron chi connectivity index (χ2n) is 5.14. The van der Waals surface area contributed by atoms with Crippen molar-refractivity contribution >= 4 is 11.6 Å². The Balaban J connectivity index is 1.98. The summed E-state index contributed by atoms with van der Waals surface area (Å²) >= 11 is 0. The zero-order valence-corrected chi connectivity index (χ0v) is 10.8. The summed E-state index contributed by atoms with van der Waals surface area (Å²) < 4.78 is 0. The van der Waals surface area contributed by atoms with Gasteiger partial charge in [0.25, 0.3) is 5.69 Å². The van der Waals surface area contributed by atoms with Crippen LogP contribution in [0.1, 0.15) is 18.9 Å². The quantitative estimate of drug-likeness (QED) is 0.627. The van der Waals surface area contributed by atoms with Crippen LogP contribution in [0.4, 0.5) is 5.69 Å². The SMILES string of the molecule is CC1(NC(=O)Cc2cccc([N+](=O)[O-])c2)CCNC1. The van der Waals surface area contributed by atoms with Crippen LogP contribution in [0.25, 0.3) is 0 Å². The number of non-ortho nitro benzene ring substituents is 1. The van der Waals surface area contributed by atoms with Gasteiger partial charge in [-0.2, -0.15) is 0 Å². The van der Waals surface area contributed by atoms with E-state index in [1.165, 1.54) is 12.1 Å². The van der Waals surface area contributed by atoms with Crippen LogP contribution in [0, 0.1) is 10.1 Å². The molecule has 6 nitrogen and oxygen atoms in total. The molecule has 0 radical (unpaired) electrons. The summed E-state index contributed by atoms with van der Waals surface area (Å²) in [6.07, 6.45) is 1.06. The molecular weight excluding hydrogens is 246 g/mol. The number of benzene rings is 1. The molecule has 1 amide bonds. The molecule has 1 saturated heterocycles. The largest absolute Gasteiger partial charge is 0.349 e. The monoisotopic (exact) mass is 263 g/mol. The van der Waals surface area contributed by atoms with E-state index in [0.717, 1.165) is 19.5 Å². The first-order chi connectivity index (χ1) is 8.98. The third-order valence-corrected chi connectivity index (χ3v) is 3.30. The van der Waals surface area contributed by atoms with Crippen molar-refractivity contribution in [1.29, 1.82) is 0 Å². The minimum atomic E-state index is -0.455. The average molecular weight is 263 g/mol.